The van der Waals surface area contributed by atoms with Gasteiger partial charge in [0.25, 0.3) is 0 Å². The number of methoxy groups -OCH3 is 1. The molecule has 1 atom stereocenters. The summed E-state index contributed by atoms with van der Waals surface area (Å²) >= 11 is 0. The first-order chi connectivity index (χ1) is 18.8. The number of likely N-dealkylation sites (tertiary alicyclic amines) is 1. The van der Waals surface area contributed by atoms with E-state index in [4.69, 9.17) is 14.7 Å². The molecule has 0 radical (unpaired) electrons. The molecular weight excluding hydrogens is 535 g/mol. The zero-order valence-corrected chi connectivity index (χ0v) is 25.0. The fourth-order valence-electron chi connectivity index (χ4n) is 6.95. The SMILES string of the molecule is COc1nc(C2(O)CC(C)(C)N(C(C)=O)C(C)(C)C2)cc2/c(=N/[C@H](C)c3cccc(C(F)(F)F)c3C)ncn(C)c12. The monoisotopic (exact) mass is 573 g/mol. The van der Waals surface area contributed by atoms with Gasteiger partial charge in [0, 0.05) is 37.9 Å². The molecule has 0 aliphatic carbocycles. The summed E-state index contributed by atoms with van der Waals surface area (Å²) in [7, 11) is 3.25. The normalized spacial score (nSPS) is 19.3. The number of halogens is 3. The molecule has 2 aromatic heterocycles. The third-order valence-electron chi connectivity index (χ3n) is 8.00. The Morgan fingerprint density at radius 3 is 2.32 bits per heavy atom. The lowest BCUT2D eigenvalue weighted by molar-refractivity contribution is -0.168. The molecule has 41 heavy (non-hydrogen) atoms. The van der Waals surface area contributed by atoms with Gasteiger partial charge in [0.05, 0.1) is 36.1 Å². The van der Waals surface area contributed by atoms with Crippen LogP contribution in [-0.2, 0) is 23.6 Å². The maximum Gasteiger partial charge on any atom is 0.416 e. The number of carbonyl (C=O) groups excluding carboxylic acids is 1. The molecule has 8 nitrogen and oxygen atoms in total. The van der Waals surface area contributed by atoms with Gasteiger partial charge in [-0.05, 0) is 64.8 Å². The van der Waals surface area contributed by atoms with Crippen LogP contribution >= 0.6 is 0 Å². The zero-order valence-electron chi connectivity index (χ0n) is 25.0. The molecule has 1 saturated heterocycles. The molecule has 1 aromatic carbocycles. The van der Waals surface area contributed by atoms with E-state index in [0.29, 0.717) is 22.2 Å². The molecule has 1 N–H and O–H groups in total. The minimum atomic E-state index is -4.48. The number of benzene rings is 1. The van der Waals surface area contributed by atoms with Crippen LogP contribution in [0.3, 0.4) is 0 Å². The van der Waals surface area contributed by atoms with Crippen LogP contribution in [-0.4, -0.2) is 48.6 Å². The number of hydrogen-bond acceptors (Lipinski definition) is 6. The molecule has 1 aliphatic heterocycles. The summed E-state index contributed by atoms with van der Waals surface area (Å²) in [5.74, 6) is 0.169. The molecule has 0 spiro atoms. The summed E-state index contributed by atoms with van der Waals surface area (Å²) in [5.41, 5.74) is -1.75. The maximum atomic E-state index is 13.6. The summed E-state index contributed by atoms with van der Waals surface area (Å²) in [6.07, 6.45) is -2.48. The quantitative estimate of drug-likeness (QED) is 0.454. The topological polar surface area (TPSA) is 92.8 Å². The molecule has 0 saturated carbocycles. The number of aryl methyl sites for hydroxylation is 1. The summed E-state index contributed by atoms with van der Waals surface area (Å²) in [6, 6.07) is 5.15. The maximum absolute atomic E-state index is 13.6. The van der Waals surface area contributed by atoms with E-state index in [1.54, 1.807) is 41.9 Å². The first-order valence-electron chi connectivity index (χ1n) is 13.5. The first kappa shape index (κ1) is 30.5. The van der Waals surface area contributed by atoms with Crippen LogP contribution in [0.4, 0.5) is 13.2 Å². The number of nitrogens with zero attached hydrogens (tertiary/aromatic N) is 5. The number of hydrogen-bond donors (Lipinski definition) is 1. The van der Waals surface area contributed by atoms with Gasteiger partial charge in [-0.3, -0.25) is 9.79 Å². The van der Waals surface area contributed by atoms with Crippen molar-refractivity contribution < 1.29 is 27.8 Å². The average Bonchev–Trinajstić information content (AvgIpc) is 2.82. The first-order valence-corrected chi connectivity index (χ1v) is 13.5. The Bertz CT molecular complexity index is 1560. The lowest BCUT2D eigenvalue weighted by Crippen LogP contribution is -2.66. The van der Waals surface area contributed by atoms with E-state index >= 15 is 0 Å². The molecule has 0 unspecified atom stereocenters. The molecule has 11 heteroatoms. The minimum absolute atomic E-state index is 0.0812. The smallest absolute Gasteiger partial charge is 0.416 e. The fourth-order valence-corrected chi connectivity index (χ4v) is 6.95. The Labute approximate surface area is 237 Å². The van der Waals surface area contributed by atoms with E-state index in [1.807, 2.05) is 27.7 Å². The number of ether oxygens (including phenoxy) is 1. The number of fused-ring (bicyclic) bond motifs is 1. The van der Waals surface area contributed by atoms with Crippen LogP contribution in [0, 0.1) is 6.92 Å². The molecule has 222 valence electrons. The molecule has 4 rings (SSSR count). The summed E-state index contributed by atoms with van der Waals surface area (Å²) in [4.78, 5) is 28.3. The highest BCUT2D eigenvalue weighted by Gasteiger charge is 2.54. The number of pyridine rings is 1. The van der Waals surface area contributed by atoms with Crippen LogP contribution in [0.1, 0.15) is 82.8 Å². The molecule has 3 heterocycles. The number of aromatic nitrogens is 3. The highest BCUT2D eigenvalue weighted by molar-refractivity contribution is 5.83. The van der Waals surface area contributed by atoms with Crippen molar-refractivity contribution in [3.63, 3.8) is 0 Å². The van der Waals surface area contributed by atoms with Gasteiger partial charge >= 0.3 is 6.18 Å². The summed E-state index contributed by atoms with van der Waals surface area (Å²) < 4.78 is 48.1. The Balaban J connectivity index is 1.93. The number of piperidine rings is 1. The lowest BCUT2D eigenvalue weighted by Gasteiger charge is -2.57. The standard InChI is InChI=1S/C30H38F3N5O3/c1-17-20(11-10-12-22(17)30(31,32)33)18(2)35-25-21-13-23(36-26(41-9)24(21)37(8)16-34-25)29(40)14-27(4,5)38(19(3)39)28(6,7)15-29/h10-13,16,18,40H,14-15H2,1-9H3/b35-25-/t18-/m1/s1. The van der Waals surface area contributed by atoms with E-state index in [1.165, 1.54) is 27.0 Å². The van der Waals surface area contributed by atoms with Crippen LogP contribution < -0.4 is 10.2 Å². The number of carbonyl (C=O) groups is 1. The second-order valence-electron chi connectivity index (χ2n) is 12.3. The average molecular weight is 574 g/mol. The zero-order chi connectivity index (χ0) is 30.7. The molecule has 1 aliphatic rings. The Morgan fingerprint density at radius 2 is 1.78 bits per heavy atom. The van der Waals surface area contributed by atoms with Gasteiger partial charge < -0.3 is 19.3 Å². The van der Waals surface area contributed by atoms with E-state index in [-0.39, 0.29) is 35.7 Å². The second kappa shape index (κ2) is 10.1. The van der Waals surface area contributed by atoms with Gasteiger partial charge in [0.15, 0.2) is 5.49 Å². The van der Waals surface area contributed by atoms with Gasteiger partial charge in [-0.1, -0.05) is 12.1 Å². The van der Waals surface area contributed by atoms with Gasteiger partial charge in [-0.15, -0.1) is 0 Å². The predicted octanol–water partition coefficient (Wildman–Crippen LogP) is 5.35. The second-order valence-corrected chi connectivity index (χ2v) is 12.3. The van der Waals surface area contributed by atoms with E-state index in [2.05, 4.69) is 4.98 Å². The van der Waals surface area contributed by atoms with Crippen molar-refractivity contribution in [1.82, 2.24) is 19.4 Å². The Kier molecular flexibility index (Phi) is 7.52. The third kappa shape index (κ3) is 5.43. The van der Waals surface area contributed by atoms with Crippen molar-refractivity contribution in [3.05, 3.63) is 58.5 Å². The van der Waals surface area contributed by atoms with E-state index < -0.39 is 34.5 Å². The number of rotatable bonds is 4. The van der Waals surface area contributed by atoms with Crippen LogP contribution in [0.5, 0.6) is 5.88 Å². The van der Waals surface area contributed by atoms with Crippen LogP contribution in [0.25, 0.3) is 10.9 Å². The Hall–Kier alpha value is -3.47. The lowest BCUT2D eigenvalue weighted by atomic mass is 9.69. The number of aliphatic hydroxyl groups is 1. The van der Waals surface area contributed by atoms with Crippen molar-refractivity contribution in [1.29, 1.82) is 0 Å². The van der Waals surface area contributed by atoms with Crippen molar-refractivity contribution in [2.45, 2.75) is 90.2 Å². The van der Waals surface area contributed by atoms with Gasteiger partial charge in [0.1, 0.15) is 11.1 Å². The largest absolute Gasteiger partial charge is 0.479 e. The van der Waals surface area contributed by atoms with Crippen molar-refractivity contribution in [3.8, 4) is 5.88 Å². The molecule has 1 fully saturated rings. The molecule has 1 amide bonds. The van der Waals surface area contributed by atoms with E-state index in [9.17, 15) is 23.1 Å². The highest BCUT2D eigenvalue weighted by atomic mass is 19.4. The number of alkyl halides is 3. The molecular formula is C30H38F3N5O3. The van der Waals surface area contributed by atoms with E-state index in [0.717, 1.165) is 6.07 Å². The van der Waals surface area contributed by atoms with Crippen LogP contribution in [0.2, 0.25) is 0 Å². The summed E-state index contributed by atoms with van der Waals surface area (Å²) in [5, 5.41) is 12.7. The van der Waals surface area contributed by atoms with Gasteiger partial charge in [-0.25, -0.2) is 9.97 Å². The summed E-state index contributed by atoms with van der Waals surface area (Å²) in [6.45, 7) is 12.4. The van der Waals surface area contributed by atoms with Gasteiger partial charge in [0.2, 0.25) is 11.8 Å². The molecule has 0 bridgehead atoms. The third-order valence-corrected chi connectivity index (χ3v) is 8.00. The van der Waals surface area contributed by atoms with Crippen molar-refractivity contribution in [2.24, 2.45) is 12.0 Å². The van der Waals surface area contributed by atoms with Crippen molar-refractivity contribution in [2.75, 3.05) is 7.11 Å². The number of amides is 1. The Morgan fingerprint density at radius 1 is 1.17 bits per heavy atom. The van der Waals surface area contributed by atoms with Gasteiger partial charge in [-0.2, -0.15) is 13.2 Å². The predicted molar refractivity (Wildman–Crippen MR) is 149 cm³/mol. The van der Waals surface area contributed by atoms with Crippen LogP contribution in [0.15, 0.2) is 35.6 Å². The van der Waals surface area contributed by atoms with Crippen molar-refractivity contribution >= 4 is 16.8 Å². The molecule has 3 aromatic rings. The highest BCUT2D eigenvalue weighted by Crippen LogP contribution is 2.48. The fraction of sp³-hybridized carbons (Fsp3) is 0.533. The minimum Gasteiger partial charge on any atom is -0.479 e.